The van der Waals surface area contributed by atoms with Crippen LogP contribution in [0.4, 0.5) is 0 Å². The van der Waals surface area contributed by atoms with E-state index < -0.39 is 0 Å². The number of aliphatic hydroxyl groups excluding tert-OH is 1. The molecule has 1 rings (SSSR count). The minimum absolute atomic E-state index is 0.383. The molecule has 98 valence electrons. The van der Waals surface area contributed by atoms with Crippen molar-refractivity contribution in [2.24, 2.45) is 5.92 Å². The van der Waals surface area contributed by atoms with E-state index >= 15 is 0 Å². The average Bonchev–Trinajstić information content (AvgIpc) is 2.64. The Labute approximate surface area is 107 Å². The maximum Gasteiger partial charge on any atom is 0.229 e. The Kier molecular flexibility index (Phi) is 6.58. The van der Waals surface area contributed by atoms with Crippen LogP contribution in [0.1, 0.15) is 45.3 Å². The molecule has 0 fully saturated rings. The van der Waals surface area contributed by atoms with Gasteiger partial charge in [0.25, 0.3) is 0 Å². The number of aromatic nitrogens is 2. The fourth-order valence-corrected chi connectivity index (χ4v) is 2.30. The zero-order chi connectivity index (χ0) is 12.7. The first-order chi connectivity index (χ1) is 8.11. The van der Waals surface area contributed by atoms with Gasteiger partial charge in [0.2, 0.25) is 5.89 Å². The van der Waals surface area contributed by atoms with Gasteiger partial charge in [-0.15, -0.1) is 0 Å². The van der Waals surface area contributed by atoms with E-state index in [0.717, 1.165) is 30.2 Å². The molecular formula is C12H22N2O2S. The van der Waals surface area contributed by atoms with Gasteiger partial charge in [0.1, 0.15) is 0 Å². The zero-order valence-electron chi connectivity index (χ0n) is 10.8. The molecule has 0 radical (unpaired) electrons. The standard InChI is InChI=1S/C12H22N2O2S/c1-4-5-17-8-11-13-12(16-14-11)7-10(15)6-9(2)3/h9-10,15H,4-8H2,1-3H3. The third-order valence-electron chi connectivity index (χ3n) is 2.24. The van der Waals surface area contributed by atoms with E-state index in [4.69, 9.17) is 4.52 Å². The largest absolute Gasteiger partial charge is 0.393 e. The smallest absolute Gasteiger partial charge is 0.229 e. The lowest BCUT2D eigenvalue weighted by atomic mass is 10.0. The highest BCUT2D eigenvalue weighted by Gasteiger charge is 2.13. The van der Waals surface area contributed by atoms with E-state index in [1.807, 2.05) is 0 Å². The second kappa shape index (κ2) is 7.71. The topological polar surface area (TPSA) is 59.2 Å². The van der Waals surface area contributed by atoms with Crippen molar-refractivity contribution in [3.8, 4) is 0 Å². The summed E-state index contributed by atoms with van der Waals surface area (Å²) < 4.78 is 5.11. The maximum atomic E-state index is 9.76. The molecular weight excluding hydrogens is 236 g/mol. The molecule has 0 bridgehead atoms. The van der Waals surface area contributed by atoms with E-state index in [1.165, 1.54) is 0 Å². The molecule has 0 aliphatic carbocycles. The number of aliphatic hydroxyl groups is 1. The monoisotopic (exact) mass is 258 g/mol. The number of rotatable bonds is 8. The van der Waals surface area contributed by atoms with E-state index in [-0.39, 0.29) is 6.10 Å². The van der Waals surface area contributed by atoms with Gasteiger partial charge in [0.05, 0.1) is 18.3 Å². The van der Waals surface area contributed by atoms with Gasteiger partial charge in [-0.1, -0.05) is 25.9 Å². The van der Waals surface area contributed by atoms with E-state index in [9.17, 15) is 5.11 Å². The first-order valence-corrected chi connectivity index (χ1v) is 7.34. The molecule has 4 nitrogen and oxygen atoms in total. The first-order valence-electron chi connectivity index (χ1n) is 6.19. The molecule has 0 spiro atoms. The van der Waals surface area contributed by atoms with Gasteiger partial charge in [-0.2, -0.15) is 16.7 Å². The minimum Gasteiger partial charge on any atom is -0.393 e. The first kappa shape index (κ1) is 14.5. The van der Waals surface area contributed by atoms with Gasteiger partial charge in [0, 0.05) is 0 Å². The van der Waals surface area contributed by atoms with Crippen molar-refractivity contribution < 1.29 is 9.63 Å². The summed E-state index contributed by atoms with van der Waals surface area (Å²) in [5, 5.41) is 13.7. The Bertz CT molecular complexity index is 315. The molecule has 1 atom stereocenters. The van der Waals surface area contributed by atoms with Crippen molar-refractivity contribution in [2.45, 2.75) is 51.9 Å². The lowest BCUT2D eigenvalue weighted by Gasteiger charge is -2.09. The predicted octanol–water partition coefficient (Wildman–Crippen LogP) is 2.66. The highest BCUT2D eigenvalue weighted by molar-refractivity contribution is 7.98. The molecule has 0 aromatic carbocycles. The number of thioether (sulfide) groups is 1. The Morgan fingerprint density at radius 3 is 2.82 bits per heavy atom. The van der Waals surface area contributed by atoms with Crippen molar-refractivity contribution in [1.82, 2.24) is 10.1 Å². The van der Waals surface area contributed by atoms with Gasteiger partial charge in [0.15, 0.2) is 5.82 Å². The van der Waals surface area contributed by atoms with Crippen LogP contribution < -0.4 is 0 Å². The van der Waals surface area contributed by atoms with Crippen molar-refractivity contribution >= 4 is 11.8 Å². The normalized spacial score (nSPS) is 13.2. The highest BCUT2D eigenvalue weighted by Crippen LogP contribution is 2.13. The maximum absolute atomic E-state index is 9.76. The van der Waals surface area contributed by atoms with Crippen LogP contribution in [-0.2, 0) is 12.2 Å². The molecule has 1 unspecified atom stereocenters. The van der Waals surface area contributed by atoms with Gasteiger partial charge in [-0.3, -0.25) is 0 Å². The van der Waals surface area contributed by atoms with Gasteiger partial charge in [-0.05, 0) is 24.5 Å². The number of hydrogen-bond donors (Lipinski definition) is 1. The summed E-state index contributed by atoms with van der Waals surface area (Å²) in [5.41, 5.74) is 0. The predicted molar refractivity (Wildman–Crippen MR) is 69.9 cm³/mol. The summed E-state index contributed by atoms with van der Waals surface area (Å²) in [6.45, 7) is 6.32. The number of nitrogens with zero attached hydrogens (tertiary/aromatic N) is 2. The Morgan fingerprint density at radius 1 is 1.41 bits per heavy atom. The third kappa shape index (κ3) is 6.07. The summed E-state index contributed by atoms with van der Waals surface area (Å²) in [4.78, 5) is 4.27. The van der Waals surface area contributed by atoms with Crippen LogP contribution in [-0.4, -0.2) is 27.1 Å². The van der Waals surface area contributed by atoms with Crippen LogP contribution in [0.3, 0.4) is 0 Å². The van der Waals surface area contributed by atoms with Gasteiger partial charge in [-0.25, -0.2) is 0 Å². The summed E-state index contributed by atoms with van der Waals surface area (Å²) in [7, 11) is 0. The SMILES string of the molecule is CCCSCc1noc(CC(O)CC(C)C)n1. The van der Waals surface area contributed by atoms with Crippen LogP contribution in [0.15, 0.2) is 4.52 Å². The van der Waals surface area contributed by atoms with Crippen molar-refractivity contribution in [3.63, 3.8) is 0 Å². The lowest BCUT2D eigenvalue weighted by molar-refractivity contribution is 0.138. The second-order valence-electron chi connectivity index (χ2n) is 4.64. The van der Waals surface area contributed by atoms with Gasteiger partial charge < -0.3 is 9.63 Å². The fraction of sp³-hybridized carbons (Fsp3) is 0.833. The van der Waals surface area contributed by atoms with Gasteiger partial charge >= 0.3 is 0 Å². The van der Waals surface area contributed by atoms with Crippen molar-refractivity contribution in [2.75, 3.05) is 5.75 Å². The zero-order valence-corrected chi connectivity index (χ0v) is 11.7. The van der Waals surface area contributed by atoms with Crippen molar-refractivity contribution in [3.05, 3.63) is 11.7 Å². The molecule has 0 saturated carbocycles. The summed E-state index contributed by atoms with van der Waals surface area (Å²) >= 11 is 1.80. The van der Waals surface area contributed by atoms with Crippen molar-refractivity contribution in [1.29, 1.82) is 0 Å². The quantitative estimate of drug-likeness (QED) is 0.726. The van der Waals surface area contributed by atoms with E-state index in [0.29, 0.717) is 18.2 Å². The molecule has 5 heteroatoms. The lowest BCUT2D eigenvalue weighted by Crippen LogP contribution is -2.13. The van der Waals surface area contributed by atoms with E-state index in [2.05, 4.69) is 30.9 Å². The van der Waals surface area contributed by atoms with E-state index in [1.54, 1.807) is 11.8 Å². The highest BCUT2D eigenvalue weighted by atomic mass is 32.2. The second-order valence-corrected chi connectivity index (χ2v) is 5.75. The molecule has 1 N–H and O–H groups in total. The Morgan fingerprint density at radius 2 is 2.18 bits per heavy atom. The van der Waals surface area contributed by atoms with Crippen LogP contribution >= 0.6 is 11.8 Å². The molecule has 0 amide bonds. The molecule has 1 heterocycles. The van der Waals surface area contributed by atoms with Crippen LogP contribution in [0.5, 0.6) is 0 Å². The fourth-order valence-electron chi connectivity index (χ4n) is 1.57. The summed E-state index contributed by atoms with van der Waals surface area (Å²) in [6, 6.07) is 0. The number of hydrogen-bond acceptors (Lipinski definition) is 5. The molecule has 1 aromatic rings. The molecule has 0 aliphatic rings. The van der Waals surface area contributed by atoms with Crippen LogP contribution in [0.2, 0.25) is 0 Å². The molecule has 1 aromatic heterocycles. The summed E-state index contributed by atoms with van der Waals surface area (Å²) in [5.74, 6) is 3.66. The van der Waals surface area contributed by atoms with Crippen LogP contribution in [0, 0.1) is 5.92 Å². The molecule has 17 heavy (non-hydrogen) atoms. The Balaban J connectivity index is 2.34. The molecule has 0 saturated heterocycles. The third-order valence-corrected chi connectivity index (χ3v) is 3.40. The van der Waals surface area contributed by atoms with Crippen LogP contribution in [0.25, 0.3) is 0 Å². The minimum atomic E-state index is -0.383. The average molecular weight is 258 g/mol. The Hall–Kier alpha value is -0.550. The summed E-state index contributed by atoms with van der Waals surface area (Å²) in [6.07, 6.45) is 2.00. The molecule has 0 aliphatic heterocycles.